The molecular weight excluding hydrogens is 291 g/mol. The summed E-state index contributed by atoms with van der Waals surface area (Å²) in [5.74, 6) is 1.43. The number of benzene rings is 1. The van der Waals surface area contributed by atoms with Gasteiger partial charge in [0.05, 0.1) is 11.9 Å². The van der Waals surface area contributed by atoms with Crippen molar-refractivity contribution >= 4 is 33.3 Å². The van der Waals surface area contributed by atoms with Crippen molar-refractivity contribution in [2.75, 3.05) is 13.0 Å². The van der Waals surface area contributed by atoms with Crippen molar-refractivity contribution in [2.45, 2.75) is 17.7 Å². The molecule has 1 unspecified atom stereocenters. The molecule has 2 nitrogen and oxygen atoms in total. The van der Waals surface area contributed by atoms with Crippen LogP contribution in [-0.2, 0) is 0 Å². The number of rotatable bonds is 6. The van der Waals surface area contributed by atoms with E-state index in [0.29, 0.717) is 11.4 Å². The largest absolute Gasteiger partial charge is 0.497 e. The first-order valence-electron chi connectivity index (χ1n) is 5.07. The Morgan fingerprint density at radius 3 is 2.56 bits per heavy atom. The third-order valence-electron chi connectivity index (χ3n) is 2.25. The van der Waals surface area contributed by atoms with Gasteiger partial charge in [-0.15, -0.1) is 11.6 Å². The highest BCUT2D eigenvalue weighted by Crippen LogP contribution is 2.18. The summed E-state index contributed by atoms with van der Waals surface area (Å²) < 4.78 is 5.03. The molecule has 1 rings (SSSR count). The number of alkyl halides is 2. The predicted octanol–water partition coefficient (Wildman–Crippen LogP) is 3.66. The minimum atomic E-state index is -0.153. The molecular formula is C12H14BrClO2. The third kappa shape index (κ3) is 3.80. The molecule has 0 amide bonds. The molecule has 0 aliphatic carbocycles. The van der Waals surface area contributed by atoms with Crippen LogP contribution in [0.15, 0.2) is 24.3 Å². The summed E-state index contributed by atoms with van der Waals surface area (Å²) in [6, 6.07) is 7.12. The van der Waals surface area contributed by atoms with Crippen LogP contribution in [-0.4, -0.2) is 23.6 Å². The predicted molar refractivity (Wildman–Crippen MR) is 70.0 cm³/mol. The molecule has 0 radical (unpaired) electrons. The highest BCUT2D eigenvalue weighted by molar-refractivity contribution is 9.10. The SMILES string of the molecule is COc1ccc(C(=O)C(Br)CCCCl)cc1. The number of ether oxygens (including phenoxy) is 1. The Morgan fingerprint density at radius 1 is 1.44 bits per heavy atom. The van der Waals surface area contributed by atoms with E-state index in [0.717, 1.165) is 18.6 Å². The van der Waals surface area contributed by atoms with Gasteiger partial charge >= 0.3 is 0 Å². The second-order valence-electron chi connectivity index (χ2n) is 3.39. The summed E-state index contributed by atoms with van der Waals surface area (Å²) in [4.78, 5) is 11.8. The number of carbonyl (C=O) groups excluding carboxylic acids is 1. The normalized spacial score (nSPS) is 12.2. The summed E-state index contributed by atoms with van der Waals surface area (Å²) >= 11 is 8.96. The molecule has 88 valence electrons. The number of carbonyl (C=O) groups is 1. The lowest BCUT2D eigenvalue weighted by molar-refractivity contribution is 0.0988. The Bertz CT molecular complexity index is 337. The number of Topliss-reactive ketones (excluding diaryl/α,β-unsaturated/α-hetero) is 1. The highest BCUT2D eigenvalue weighted by atomic mass is 79.9. The first-order chi connectivity index (χ1) is 7.69. The summed E-state index contributed by atoms with van der Waals surface area (Å²) in [6.45, 7) is 0. The van der Waals surface area contributed by atoms with E-state index in [2.05, 4.69) is 15.9 Å². The standard InChI is InChI=1S/C12H14BrClO2/c1-16-10-6-4-9(5-7-10)12(15)11(13)3-2-8-14/h4-7,11H,2-3,8H2,1H3. The molecule has 0 heterocycles. The van der Waals surface area contributed by atoms with E-state index in [4.69, 9.17) is 16.3 Å². The average Bonchev–Trinajstić information content (AvgIpc) is 2.35. The second kappa shape index (κ2) is 6.92. The quantitative estimate of drug-likeness (QED) is 0.592. The zero-order valence-corrected chi connectivity index (χ0v) is 11.4. The smallest absolute Gasteiger partial charge is 0.176 e. The zero-order valence-electron chi connectivity index (χ0n) is 9.08. The van der Waals surface area contributed by atoms with Crippen molar-refractivity contribution in [3.8, 4) is 5.75 Å². The third-order valence-corrected chi connectivity index (χ3v) is 3.39. The number of hydrogen-bond acceptors (Lipinski definition) is 2. The maximum atomic E-state index is 11.9. The van der Waals surface area contributed by atoms with Gasteiger partial charge in [-0.05, 0) is 37.1 Å². The summed E-state index contributed by atoms with van der Waals surface area (Å²) in [7, 11) is 1.60. The molecule has 0 aromatic heterocycles. The van der Waals surface area contributed by atoms with Gasteiger partial charge in [-0.3, -0.25) is 4.79 Å². The van der Waals surface area contributed by atoms with Gasteiger partial charge in [-0.1, -0.05) is 15.9 Å². The van der Waals surface area contributed by atoms with E-state index in [-0.39, 0.29) is 10.6 Å². The van der Waals surface area contributed by atoms with Crippen molar-refractivity contribution in [1.82, 2.24) is 0 Å². The first-order valence-corrected chi connectivity index (χ1v) is 6.52. The summed E-state index contributed by atoms with van der Waals surface area (Å²) in [6.07, 6.45) is 1.59. The van der Waals surface area contributed by atoms with E-state index in [1.165, 1.54) is 0 Å². The highest BCUT2D eigenvalue weighted by Gasteiger charge is 2.16. The minimum Gasteiger partial charge on any atom is -0.497 e. The molecule has 0 N–H and O–H groups in total. The fourth-order valence-electron chi connectivity index (χ4n) is 1.32. The lowest BCUT2D eigenvalue weighted by Gasteiger charge is -2.08. The van der Waals surface area contributed by atoms with Gasteiger partial charge < -0.3 is 4.74 Å². The van der Waals surface area contributed by atoms with Crippen LogP contribution in [0.1, 0.15) is 23.2 Å². The van der Waals surface area contributed by atoms with Crippen molar-refractivity contribution in [3.05, 3.63) is 29.8 Å². The van der Waals surface area contributed by atoms with Crippen LogP contribution in [0.2, 0.25) is 0 Å². The Morgan fingerprint density at radius 2 is 2.06 bits per heavy atom. The lowest BCUT2D eigenvalue weighted by Crippen LogP contribution is -2.14. The molecule has 1 aromatic carbocycles. The maximum Gasteiger partial charge on any atom is 0.176 e. The molecule has 4 heteroatoms. The van der Waals surface area contributed by atoms with Crippen LogP contribution in [0.5, 0.6) is 5.75 Å². The van der Waals surface area contributed by atoms with E-state index in [1.807, 2.05) is 0 Å². The molecule has 0 aliphatic rings. The Labute approximate surface area is 109 Å². The topological polar surface area (TPSA) is 26.3 Å². The van der Waals surface area contributed by atoms with Crippen molar-refractivity contribution in [1.29, 1.82) is 0 Å². The second-order valence-corrected chi connectivity index (χ2v) is 4.87. The van der Waals surface area contributed by atoms with Gasteiger partial charge in [-0.2, -0.15) is 0 Å². The van der Waals surface area contributed by atoms with Crippen LogP contribution >= 0.6 is 27.5 Å². The van der Waals surface area contributed by atoms with Gasteiger partial charge in [-0.25, -0.2) is 0 Å². The van der Waals surface area contributed by atoms with E-state index < -0.39 is 0 Å². The minimum absolute atomic E-state index is 0.0905. The van der Waals surface area contributed by atoms with E-state index in [9.17, 15) is 4.79 Å². The van der Waals surface area contributed by atoms with Gasteiger partial charge in [0.25, 0.3) is 0 Å². The van der Waals surface area contributed by atoms with Crippen LogP contribution in [0, 0.1) is 0 Å². The molecule has 0 bridgehead atoms. The first kappa shape index (κ1) is 13.5. The zero-order chi connectivity index (χ0) is 12.0. The molecule has 1 atom stereocenters. The molecule has 0 aliphatic heterocycles. The van der Waals surface area contributed by atoms with Crippen LogP contribution in [0.4, 0.5) is 0 Å². The van der Waals surface area contributed by atoms with Gasteiger partial charge in [0.15, 0.2) is 5.78 Å². The van der Waals surface area contributed by atoms with E-state index >= 15 is 0 Å². The Balaban J connectivity index is 2.64. The number of halogens is 2. The monoisotopic (exact) mass is 304 g/mol. The summed E-state index contributed by atoms with van der Waals surface area (Å²) in [5, 5.41) is 0. The fraction of sp³-hybridized carbons (Fsp3) is 0.417. The molecule has 1 aromatic rings. The van der Waals surface area contributed by atoms with Crippen LogP contribution in [0.3, 0.4) is 0 Å². The molecule has 0 saturated carbocycles. The van der Waals surface area contributed by atoms with Crippen molar-refractivity contribution in [2.24, 2.45) is 0 Å². The number of ketones is 1. The van der Waals surface area contributed by atoms with Crippen molar-refractivity contribution in [3.63, 3.8) is 0 Å². The molecule has 0 saturated heterocycles. The summed E-state index contributed by atoms with van der Waals surface area (Å²) in [5.41, 5.74) is 0.692. The molecule has 16 heavy (non-hydrogen) atoms. The molecule has 0 fully saturated rings. The van der Waals surface area contributed by atoms with Crippen molar-refractivity contribution < 1.29 is 9.53 Å². The molecule has 0 spiro atoms. The van der Waals surface area contributed by atoms with Gasteiger partial charge in [0.2, 0.25) is 0 Å². The van der Waals surface area contributed by atoms with Gasteiger partial charge in [0, 0.05) is 11.4 Å². The number of methoxy groups -OCH3 is 1. The van der Waals surface area contributed by atoms with Crippen LogP contribution < -0.4 is 4.74 Å². The van der Waals surface area contributed by atoms with E-state index in [1.54, 1.807) is 31.4 Å². The average molecular weight is 306 g/mol. The lowest BCUT2D eigenvalue weighted by atomic mass is 10.1. The van der Waals surface area contributed by atoms with Crippen LogP contribution in [0.25, 0.3) is 0 Å². The maximum absolute atomic E-state index is 11.9. The Kier molecular flexibility index (Phi) is 5.85. The Hall–Kier alpha value is -0.540. The number of hydrogen-bond donors (Lipinski definition) is 0. The fourth-order valence-corrected chi connectivity index (χ4v) is 2.07. The van der Waals surface area contributed by atoms with Gasteiger partial charge in [0.1, 0.15) is 5.75 Å².